The van der Waals surface area contributed by atoms with Crippen LogP contribution in [0, 0.1) is 0 Å². The van der Waals surface area contributed by atoms with Crippen molar-refractivity contribution in [2.24, 2.45) is 0 Å². The number of anilines is 1. The fourth-order valence-corrected chi connectivity index (χ4v) is 2.25. The van der Waals surface area contributed by atoms with Gasteiger partial charge in [-0.3, -0.25) is 0 Å². The van der Waals surface area contributed by atoms with Crippen LogP contribution in [0.5, 0.6) is 0 Å². The van der Waals surface area contributed by atoms with Gasteiger partial charge in [0, 0.05) is 12.2 Å². The number of nitrogen functional groups attached to an aromatic ring is 1. The summed E-state index contributed by atoms with van der Waals surface area (Å²) in [6, 6.07) is 14.5. The van der Waals surface area contributed by atoms with Gasteiger partial charge in [0.05, 0.1) is 12.7 Å². The van der Waals surface area contributed by atoms with Crippen molar-refractivity contribution in [3.8, 4) is 0 Å². The molecule has 0 aliphatic carbocycles. The van der Waals surface area contributed by atoms with Gasteiger partial charge in [0.15, 0.2) is 0 Å². The molecule has 0 unspecified atom stereocenters. The van der Waals surface area contributed by atoms with Crippen LogP contribution in [0.25, 0.3) is 6.08 Å². The van der Waals surface area contributed by atoms with E-state index in [4.69, 9.17) is 15.2 Å². The molecule has 2 aromatic rings. The lowest BCUT2D eigenvalue weighted by atomic mass is 10.1. The molecule has 0 aliphatic rings. The Hall–Kier alpha value is -3.28. The summed E-state index contributed by atoms with van der Waals surface area (Å²) in [5.41, 5.74) is 8.24. The van der Waals surface area contributed by atoms with Gasteiger partial charge in [-0.15, -0.1) is 0 Å². The average molecular weight is 354 g/mol. The van der Waals surface area contributed by atoms with Crippen LogP contribution in [0.2, 0.25) is 0 Å². The molecule has 0 saturated carbocycles. The zero-order chi connectivity index (χ0) is 18.8. The van der Waals surface area contributed by atoms with E-state index >= 15 is 0 Å². The van der Waals surface area contributed by atoms with E-state index in [-0.39, 0.29) is 6.61 Å². The van der Waals surface area contributed by atoms with Crippen molar-refractivity contribution in [3.05, 3.63) is 71.3 Å². The standard InChI is InChI=1S/C20H22N2O4/c1-25-19(23)18-13-17(21)11-10-16(18)9-5-6-12-22-20(24)26-14-15-7-3-2-4-8-15/h2-5,7-11,13H,6,12,14,21H2,1H3,(H,22,24). The number of ether oxygens (including phenoxy) is 2. The van der Waals surface area contributed by atoms with E-state index in [0.717, 1.165) is 5.56 Å². The highest BCUT2D eigenvalue weighted by atomic mass is 16.5. The highest BCUT2D eigenvalue weighted by molar-refractivity contribution is 5.94. The van der Waals surface area contributed by atoms with Crippen LogP contribution in [-0.4, -0.2) is 25.7 Å². The Labute approximate surface area is 152 Å². The zero-order valence-corrected chi connectivity index (χ0v) is 14.6. The third kappa shape index (κ3) is 5.98. The molecule has 2 rings (SSSR count). The molecule has 2 aromatic carbocycles. The van der Waals surface area contributed by atoms with Gasteiger partial charge in [-0.2, -0.15) is 0 Å². The van der Waals surface area contributed by atoms with E-state index in [9.17, 15) is 9.59 Å². The summed E-state index contributed by atoms with van der Waals surface area (Å²) in [6.07, 6.45) is 3.77. The van der Waals surface area contributed by atoms with E-state index in [0.29, 0.717) is 29.8 Å². The molecule has 0 bridgehead atoms. The predicted octanol–water partition coefficient (Wildman–Crippen LogP) is 3.39. The summed E-state index contributed by atoms with van der Waals surface area (Å²) in [4.78, 5) is 23.4. The molecule has 6 nitrogen and oxygen atoms in total. The molecule has 1 amide bonds. The number of nitrogens with two attached hydrogens (primary N) is 1. The number of hydrogen-bond donors (Lipinski definition) is 2. The van der Waals surface area contributed by atoms with Crippen LogP contribution in [-0.2, 0) is 16.1 Å². The van der Waals surface area contributed by atoms with Crippen molar-refractivity contribution in [1.29, 1.82) is 0 Å². The van der Waals surface area contributed by atoms with Gasteiger partial charge in [-0.1, -0.05) is 48.6 Å². The molecule has 0 spiro atoms. The summed E-state index contributed by atoms with van der Waals surface area (Å²) in [6.45, 7) is 0.656. The van der Waals surface area contributed by atoms with Crippen molar-refractivity contribution in [3.63, 3.8) is 0 Å². The summed E-state index contributed by atoms with van der Waals surface area (Å²) in [7, 11) is 1.32. The Morgan fingerprint density at radius 1 is 1.15 bits per heavy atom. The lowest BCUT2D eigenvalue weighted by molar-refractivity contribution is 0.0600. The minimum Gasteiger partial charge on any atom is -0.465 e. The van der Waals surface area contributed by atoms with E-state index in [2.05, 4.69) is 5.32 Å². The van der Waals surface area contributed by atoms with Crippen molar-refractivity contribution >= 4 is 23.8 Å². The predicted molar refractivity (Wildman–Crippen MR) is 100 cm³/mol. The monoisotopic (exact) mass is 354 g/mol. The molecule has 3 N–H and O–H groups in total. The molecule has 0 radical (unpaired) electrons. The van der Waals surface area contributed by atoms with Gasteiger partial charge in [0.2, 0.25) is 0 Å². The topological polar surface area (TPSA) is 90.6 Å². The van der Waals surface area contributed by atoms with Crippen LogP contribution >= 0.6 is 0 Å². The number of carbonyl (C=O) groups is 2. The van der Waals surface area contributed by atoms with Crippen LogP contribution in [0.4, 0.5) is 10.5 Å². The highest BCUT2D eigenvalue weighted by Crippen LogP contribution is 2.16. The molecule has 136 valence electrons. The fourth-order valence-electron chi connectivity index (χ4n) is 2.25. The molecule has 26 heavy (non-hydrogen) atoms. The maximum absolute atomic E-state index is 11.8. The first-order valence-corrected chi connectivity index (χ1v) is 8.19. The smallest absolute Gasteiger partial charge is 0.407 e. The van der Waals surface area contributed by atoms with E-state index in [1.165, 1.54) is 7.11 Å². The van der Waals surface area contributed by atoms with E-state index in [1.54, 1.807) is 24.3 Å². The maximum Gasteiger partial charge on any atom is 0.407 e. The summed E-state index contributed by atoms with van der Waals surface area (Å²) in [5, 5.41) is 2.67. The van der Waals surface area contributed by atoms with E-state index in [1.807, 2.05) is 36.4 Å². The number of amides is 1. The lowest BCUT2D eigenvalue weighted by Crippen LogP contribution is -2.24. The van der Waals surface area contributed by atoms with E-state index < -0.39 is 12.1 Å². The molecule has 0 fully saturated rings. The van der Waals surface area contributed by atoms with Crippen LogP contribution in [0.3, 0.4) is 0 Å². The molecular formula is C20H22N2O4. The molecule has 0 atom stereocenters. The second-order valence-corrected chi connectivity index (χ2v) is 5.52. The maximum atomic E-state index is 11.8. The zero-order valence-electron chi connectivity index (χ0n) is 14.6. The normalized spacial score (nSPS) is 10.5. The first-order valence-electron chi connectivity index (χ1n) is 8.19. The van der Waals surface area contributed by atoms with Gasteiger partial charge >= 0.3 is 12.1 Å². The van der Waals surface area contributed by atoms with Gasteiger partial charge in [-0.25, -0.2) is 9.59 Å². The second-order valence-electron chi connectivity index (χ2n) is 5.52. The van der Waals surface area contributed by atoms with Gasteiger partial charge in [-0.05, 0) is 29.7 Å². The Kier molecular flexibility index (Phi) is 7.24. The number of esters is 1. The third-order valence-electron chi connectivity index (χ3n) is 3.57. The minimum absolute atomic E-state index is 0.233. The Morgan fingerprint density at radius 2 is 1.92 bits per heavy atom. The molecule has 0 aliphatic heterocycles. The Balaban J connectivity index is 1.77. The molecule has 0 aromatic heterocycles. The Bertz CT molecular complexity index is 773. The van der Waals surface area contributed by atoms with Crippen molar-refractivity contribution < 1.29 is 19.1 Å². The number of nitrogens with one attached hydrogen (secondary N) is 1. The molecular weight excluding hydrogens is 332 g/mol. The van der Waals surface area contributed by atoms with Crippen molar-refractivity contribution in [2.75, 3.05) is 19.4 Å². The lowest BCUT2D eigenvalue weighted by Gasteiger charge is -2.06. The largest absolute Gasteiger partial charge is 0.465 e. The van der Waals surface area contributed by atoms with Crippen molar-refractivity contribution in [2.45, 2.75) is 13.0 Å². The van der Waals surface area contributed by atoms with Crippen LogP contribution in [0.15, 0.2) is 54.6 Å². The van der Waals surface area contributed by atoms with Gasteiger partial charge < -0.3 is 20.5 Å². The summed E-state index contributed by atoms with van der Waals surface area (Å²) >= 11 is 0. The average Bonchev–Trinajstić information content (AvgIpc) is 2.67. The SMILES string of the molecule is COC(=O)c1cc(N)ccc1C=CCCNC(=O)OCc1ccccc1. The first kappa shape index (κ1) is 19.1. The summed E-state index contributed by atoms with van der Waals surface area (Å²) < 4.78 is 9.87. The van der Waals surface area contributed by atoms with Gasteiger partial charge in [0.1, 0.15) is 6.61 Å². The number of alkyl carbamates (subject to hydrolysis) is 1. The number of hydrogen-bond acceptors (Lipinski definition) is 5. The van der Waals surface area contributed by atoms with Gasteiger partial charge in [0.25, 0.3) is 0 Å². The molecule has 6 heteroatoms. The number of carbonyl (C=O) groups excluding carboxylic acids is 2. The number of benzene rings is 2. The molecule has 0 heterocycles. The quantitative estimate of drug-likeness (QED) is 0.452. The first-order chi connectivity index (χ1) is 12.6. The van der Waals surface area contributed by atoms with Crippen LogP contribution in [0.1, 0.15) is 27.9 Å². The van der Waals surface area contributed by atoms with Crippen molar-refractivity contribution in [1.82, 2.24) is 5.32 Å². The number of methoxy groups -OCH3 is 1. The number of rotatable bonds is 7. The second kappa shape index (κ2) is 9.88. The van der Waals surface area contributed by atoms with Crippen LogP contribution < -0.4 is 11.1 Å². The Morgan fingerprint density at radius 3 is 2.65 bits per heavy atom. The fraction of sp³-hybridized carbons (Fsp3) is 0.200. The summed E-state index contributed by atoms with van der Waals surface area (Å²) in [5.74, 6) is -0.445. The third-order valence-corrected chi connectivity index (χ3v) is 3.57. The highest BCUT2D eigenvalue weighted by Gasteiger charge is 2.10. The minimum atomic E-state index is -0.468. The molecule has 0 saturated heterocycles.